The van der Waals surface area contributed by atoms with Crippen molar-refractivity contribution in [1.29, 1.82) is 0 Å². The fourth-order valence-corrected chi connectivity index (χ4v) is 4.00. The largest absolute Gasteiger partial charge is 0.433 e. The first-order valence-corrected chi connectivity index (χ1v) is 10.1. The van der Waals surface area contributed by atoms with Crippen LogP contribution in [-0.2, 0) is 23.2 Å². The number of rotatable bonds is 4. The first-order chi connectivity index (χ1) is 14.6. The number of alkyl halides is 3. The van der Waals surface area contributed by atoms with Gasteiger partial charge in [-0.15, -0.1) is 6.42 Å². The number of aromatic nitrogens is 5. The van der Waals surface area contributed by atoms with E-state index < -0.39 is 21.9 Å². The van der Waals surface area contributed by atoms with Crippen LogP contribution in [0.3, 0.4) is 0 Å². The lowest BCUT2D eigenvalue weighted by molar-refractivity contribution is -0.141. The van der Waals surface area contributed by atoms with Gasteiger partial charge >= 0.3 is 6.18 Å². The second kappa shape index (κ2) is 7.13. The van der Waals surface area contributed by atoms with E-state index in [4.69, 9.17) is 6.42 Å². The predicted molar refractivity (Wildman–Crippen MR) is 106 cm³/mol. The number of sulfonamides is 1. The van der Waals surface area contributed by atoms with Gasteiger partial charge in [-0.3, -0.25) is 14.4 Å². The van der Waals surface area contributed by atoms with Crippen LogP contribution in [0.2, 0.25) is 0 Å². The monoisotopic (exact) mass is 446 g/mol. The van der Waals surface area contributed by atoms with Crippen molar-refractivity contribution in [2.24, 2.45) is 7.05 Å². The lowest BCUT2D eigenvalue weighted by Crippen LogP contribution is -2.14. The van der Waals surface area contributed by atoms with Crippen molar-refractivity contribution in [1.82, 2.24) is 24.5 Å². The molecule has 158 valence electrons. The van der Waals surface area contributed by atoms with E-state index in [2.05, 4.69) is 25.8 Å². The Morgan fingerprint density at radius 1 is 1.16 bits per heavy atom. The number of pyridine rings is 1. The topological polar surface area (TPSA) is 94.7 Å². The highest BCUT2D eigenvalue weighted by atomic mass is 32.2. The summed E-state index contributed by atoms with van der Waals surface area (Å²) in [5, 5.41) is 8.65. The Morgan fingerprint density at radius 2 is 1.94 bits per heavy atom. The van der Waals surface area contributed by atoms with E-state index >= 15 is 0 Å². The predicted octanol–water partition coefficient (Wildman–Crippen LogP) is 2.95. The molecule has 0 saturated carbocycles. The molecule has 1 aromatic carbocycles. The maximum Gasteiger partial charge on any atom is 0.433 e. The summed E-state index contributed by atoms with van der Waals surface area (Å²) < 4.78 is 69.6. The van der Waals surface area contributed by atoms with Gasteiger partial charge in [-0.25, -0.2) is 13.1 Å². The standard InChI is InChI=1S/C19H13F3N6O2S/c1-3-12-4-5-13-9-24-27(2)18(13)17(12)26-31(29,30)15-10-25-28(11-15)14-6-7-23-16(8-14)19(20,21)22/h1,4-11,26H,2H3. The van der Waals surface area contributed by atoms with Crippen LogP contribution in [0.5, 0.6) is 0 Å². The molecule has 31 heavy (non-hydrogen) atoms. The van der Waals surface area contributed by atoms with Gasteiger partial charge in [0.1, 0.15) is 10.6 Å². The summed E-state index contributed by atoms with van der Waals surface area (Å²) in [6.45, 7) is 0. The minimum Gasteiger partial charge on any atom is -0.276 e. The quantitative estimate of drug-likeness (QED) is 0.487. The maximum absolute atomic E-state index is 13.0. The average molecular weight is 446 g/mol. The van der Waals surface area contributed by atoms with Gasteiger partial charge in [0.2, 0.25) is 0 Å². The van der Waals surface area contributed by atoms with Crippen LogP contribution < -0.4 is 4.72 Å². The molecule has 0 saturated heterocycles. The zero-order chi connectivity index (χ0) is 22.4. The molecule has 0 bridgehead atoms. The van der Waals surface area contributed by atoms with E-state index in [1.807, 2.05) is 0 Å². The molecule has 0 aliphatic rings. The Morgan fingerprint density at radius 3 is 2.65 bits per heavy atom. The van der Waals surface area contributed by atoms with Crippen molar-refractivity contribution in [3.8, 4) is 18.0 Å². The van der Waals surface area contributed by atoms with Crippen LogP contribution in [0, 0.1) is 12.3 Å². The fourth-order valence-electron chi connectivity index (χ4n) is 2.99. The number of anilines is 1. The van der Waals surface area contributed by atoms with Crippen molar-refractivity contribution in [3.05, 3.63) is 60.3 Å². The first kappa shape index (κ1) is 20.4. The van der Waals surface area contributed by atoms with Crippen molar-refractivity contribution in [2.75, 3.05) is 4.72 Å². The molecule has 8 nitrogen and oxygen atoms in total. The van der Waals surface area contributed by atoms with Gasteiger partial charge in [-0.05, 0) is 24.3 Å². The summed E-state index contributed by atoms with van der Waals surface area (Å²) >= 11 is 0. The SMILES string of the molecule is C#Cc1ccc2cnn(C)c2c1NS(=O)(=O)c1cnn(-c2ccnc(C(F)(F)F)c2)c1. The van der Waals surface area contributed by atoms with Gasteiger partial charge in [-0.1, -0.05) is 5.92 Å². The molecule has 0 aliphatic carbocycles. The molecule has 12 heteroatoms. The summed E-state index contributed by atoms with van der Waals surface area (Å²) in [6, 6.07) is 5.35. The van der Waals surface area contributed by atoms with E-state index in [0.29, 0.717) is 16.5 Å². The number of nitrogens with zero attached hydrogens (tertiary/aromatic N) is 5. The Bertz CT molecular complexity index is 1450. The van der Waals surface area contributed by atoms with Crippen LogP contribution >= 0.6 is 0 Å². The van der Waals surface area contributed by atoms with Crippen LogP contribution in [0.15, 0.2) is 53.9 Å². The molecular weight excluding hydrogens is 433 g/mol. The number of halogens is 3. The van der Waals surface area contributed by atoms with Gasteiger partial charge in [0.25, 0.3) is 10.0 Å². The van der Waals surface area contributed by atoms with Gasteiger partial charge < -0.3 is 0 Å². The van der Waals surface area contributed by atoms with E-state index in [9.17, 15) is 21.6 Å². The Kier molecular flexibility index (Phi) is 4.70. The molecular formula is C19H13F3N6O2S. The Hall–Kier alpha value is -3.85. The van der Waals surface area contributed by atoms with Gasteiger partial charge in [-0.2, -0.15) is 23.4 Å². The van der Waals surface area contributed by atoms with Crippen molar-refractivity contribution in [3.63, 3.8) is 0 Å². The molecule has 0 atom stereocenters. The second-order valence-corrected chi connectivity index (χ2v) is 8.14. The molecule has 1 N–H and O–H groups in total. The van der Waals surface area contributed by atoms with E-state index in [-0.39, 0.29) is 16.3 Å². The van der Waals surface area contributed by atoms with Crippen LogP contribution in [0.4, 0.5) is 18.9 Å². The van der Waals surface area contributed by atoms with E-state index in [1.165, 1.54) is 10.7 Å². The molecule has 0 spiro atoms. The number of hydrogen-bond acceptors (Lipinski definition) is 5. The Balaban J connectivity index is 1.73. The van der Waals surface area contributed by atoms with Crippen molar-refractivity contribution >= 4 is 26.6 Å². The zero-order valence-corrected chi connectivity index (χ0v) is 16.6. The minimum absolute atomic E-state index is 0.00169. The lowest BCUT2D eigenvalue weighted by atomic mass is 10.1. The smallest absolute Gasteiger partial charge is 0.276 e. The maximum atomic E-state index is 13.0. The molecule has 0 aliphatic heterocycles. The van der Waals surface area contributed by atoms with Crippen LogP contribution in [0.25, 0.3) is 16.6 Å². The number of nitrogens with one attached hydrogen (secondary N) is 1. The number of hydrogen-bond donors (Lipinski definition) is 1. The molecule has 0 amide bonds. The summed E-state index contributed by atoms with van der Waals surface area (Å²) in [5.41, 5.74) is -0.172. The van der Waals surface area contributed by atoms with Crippen LogP contribution in [-0.4, -0.2) is 33.0 Å². The third kappa shape index (κ3) is 3.71. The average Bonchev–Trinajstić information content (AvgIpc) is 3.36. The number of fused-ring (bicyclic) bond motifs is 1. The molecule has 0 fully saturated rings. The minimum atomic E-state index is -4.65. The first-order valence-electron chi connectivity index (χ1n) is 8.62. The highest BCUT2D eigenvalue weighted by molar-refractivity contribution is 7.92. The summed E-state index contributed by atoms with van der Waals surface area (Å²) in [5.74, 6) is 2.43. The molecule has 0 unspecified atom stereocenters. The van der Waals surface area contributed by atoms with E-state index in [0.717, 1.165) is 29.3 Å². The highest BCUT2D eigenvalue weighted by Gasteiger charge is 2.32. The third-order valence-corrected chi connectivity index (χ3v) is 5.77. The second-order valence-electron chi connectivity index (χ2n) is 6.46. The summed E-state index contributed by atoms with van der Waals surface area (Å²) in [7, 11) is -2.53. The van der Waals surface area contributed by atoms with Crippen molar-refractivity contribution in [2.45, 2.75) is 11.1 Å². The van der Waals surface area contributed by atoms with Crippen LogP contribution in [0.1, 0.15) is 11.3 Å². The molecule has 4 aromatic rings. The number of aryl methyl sites for hydroxylation is 1. The highest BCUT2D eigenvalue weighted by Crippen LogP contribution is 2.30. The summed E-state index contributed by atoms with van der Waals surface area (Å²) in [6.07, 6.45) is 5.52. The molecule has 3 aromatic heterocycles. The molecule has 3 heterocycles. The van der Waals surface area contributed by atoms with Gasteiger partial charge in [0.15, 0.2) is 0 Å². The van der Waals surface area contributed by atoms with Gasteiger partial charge in [0.05, 0.1) is 41.0 Å². The van der Waals surface area contributed by atoms with Crippen molar-refractivity contribution < 1.29 is 21.6 Å². The van der Waals surface area contributed by atoms with Gasteiger partial charge in [0, 0.05) is 18.6 Å². The Labute approximate surface area is 174 Å². The third-order valence-electron chi connectivity index (χ3n) is 4.46. The summed E-state index contributed by atoms with van der Waals surface area (Å²) in [4.78, 5) is 3.01. The normalized spacial score (nSPS) is 12.1. The zero-order valence-electron chi connectivity index (χ0n) is 15.8. The molecule has 0 radical (unpaired) electrons. The number of terminal acetylenes is 1. The lowest BCUT2D eigenvalue weighted by Gasteiger charge is -2.11. The molecule has 4 rings (SSSR count). The fraction of sp³-hybridized carbons (Fsp3) is 0.105. The number of benzene rings is 1. The van der Waals surface area contributed by atoms with E-state index in [1.54, 1.807) is 25.4 Å².